The molecule has 196 valence electrons. The summed E-state index contributed by atoms with van der Waals surface area (Å²) < 4.78 is 35.5. The van der Waals surface area contributed by atoms with Crippen molar-refractivity contribution in [1.82, 2.24) is 8.87 Å². The molecule has 3 aromatic rings. The third-order valence-electron chi connectivity index (χ3n) is 7.01. The standard InChI is InChI=1S/C27H31N3O6S/c1-18(2)36-21-6-8-22(9-7-21)37(34,35)29-13-11-19(15-29)24-16-28(17-27(32)33)25-14-20(5-10-23(24)25)30-12-3-4-26(30)31/h5-10,14,16,18-19H,3-4,11-13,15,17H2,1-2H3,(H,32,33). The van der Waals surface area contributed by atoms with E-state index >= 15 is 0 Å². The monoisotopic (exact) mass is 525 g/mol. The molecule has 5 rings (SSSR count). The van der Waals surface area contributed by atoms with E-state index in [2.05, 4.69) is 0 Å². The van der Waals surface area contributed by atoms with Crippen LogP contribution in [0.4, 0.5) is 5.69 Å². The molecule has 0 spiro atoms. The van der Waals surface area contributed by atoms with Crippen LogP contribution in [0.15, 0.2) is 53.6 Å². The van der Waals surface area contributed by atoms with Gasteiger partial charge in [-0.1, -0.05) is 6.07 Å². The van der Waals surface area contributed by atoms with Gasteiger partial charge in [0.25, 0.3) is 0 Å². The second-order valence-corrected chi connectivity index (χ2v) is 11.9. The maximum absolute atomic E-state index is 13.3. The van der Waals surface area contributed by atoms with Gasteiger partial charge >= 0.3 is 5.97 Å². The highest BCUT2D eigenvalue weighted by molar-refractivity contribution is 7.89. The number of carboxylic acids is 1. The Morgan fingerprint density at radius 1 is 1.14 bits per heavy atom. The fourth-order valence-corrected chi connectivity index (χ4v) is 6.81. The lowest BCUT2D eigenvalue weighted by Crippen LogP contribution is -2.28. The maximum Gasteiger partial charge on any atom is 0.323 e. The van der Waals surface area contributed by atoms with Crippen molar-refractivity contribution in [3.05, 3.63) is 54.2 Å². The molecular weight excluding hydrogens is 494 g/mol. The number of aromatic nitrogens is 1. The fourth-order valence-electron chi connectivity index (χ4n) is 5.31. The Bertz CT molecular complexity index is 1440. The number of fused-ring (bicyclic) bond motifs is 1. The molecule has 0 aliphatic carbocycles. The number of carbonyl (C=O) groups excluding carboxylic acids is 1. The maximum atomic E-state index is 13.3. The largest absolute Gasteiger partial charge is 0.491 e. The van der Waals surface area contributed by atoms with E-state index in [1.165, 1.54) is 4.31 Å². The first-order chi connectivity index (χ1) is 17.6. The van der Waals surface area contributed by atoms with E-state index in [0.717, 1.165) is 28.6 Å². The quantitative estimate of drug-likeness (QED) is 0.479. The summed E-state index contributed by atoms with van der Waals surface area (Å²) in [6.45, 7) is 4.95. The molecule has 2 aliphatic heterocycles. The van der Waals surface area contributed by atoms with Crippen LogP contribution in [0.1, 0.15) is 44.6 Å². The summed E-state index contributed by atoms with van der Waals surface area (Å²) in [5.41, 5.74) is 2.41. The second kappa shape index (κ2) is 9.83. The molecule has 0 bridgehead atoms. The van der Waals surface area contributed by atoms with Crippen LogP contribution in [0, 0.1) is 0 Å². The number of rotatable bonds is 8. The molecule has 0 radical (unpaired) electrons. The van der Waals surface area contributed by atoms with Gasteiger partial charge in [-0.2, -0.15) is 4.31 Å². The van der Waals surface area contributed by atoms with Gasteiger partial charge in [-0.15, -0.1) is 0 Å². The Labute approximate surface area is 216 Å². The van der Waals surface area contributed by atoms with Gasteiger partial charge in [0.1, 0.15) is 12.3 Å². The van der Waals surface area contributed by atoms with Gasteiger partial charge in [-0.25, -0.2) is 8.42 Å². The predicted molar refractivity (Wildman–Crippen MR) is 139 cm³/mol. The number of hydrogen-bond acceptors (Lipinski definition) is 5. The van der Waals surface area contributed by atoms with Crippen molar-refractivity contribution in [3.8, 4) is 5.75 Å². The summed E-state index contributed by atoms with van der Waals surface area (Å²) in [6, 6.07) is 12.2. The summed E-state index contributed by atoms with van der Waals surface area (Å²) in [5, 5.41) is 10.4. The van der Waals surface area contributed by atoms with E-state index in [1.54, 1.807) is 33.7 Å². The number of hydrogen-bond donors (Lipinski definition) is 1. The van der Waals surface area contributed by atoms with Crippen LogP contribution in [-0.4, -0.2) is 60.0 Å². The van der Waals surface area contributed by atoms with Crippen LogP contribution in [0.3, 0.4) is 0 Å². The molecule has 1 N–H and O–H groups in total. The van der Waals surface area contributed by atoms with Crippen LogP contribution in [0.5, 0.6) is 5.75 Å². The molecule has 37 heavy (non-hydrogen) atoms. The lowest BCUT2D eigenvalue weighted by Gasteiger charge is -2.18. The molecule has 10 heteroatoms. The van der Waals surface area contributed by atoms with Crippen molar-refractivity contribution in [2.24, 2.45) is 0 Å². The highest BCUT2D eigenvalue weighted by atomic mass is 32.2. The predicted octanol–water partition coefficient (Wildman–Crippen LogP) is 3.82. The van der Waals surface area contributed by atoms with Crippen molar-refractivity contribution in [3.63, 3.8) is 0 Å². The third kappa shape index (κ3) is 4.95. The van der Waals surface area contributed by atoms with Crippen LogP contribution < -0.4 is 9.64 Å². The van der Waals surface area contributed by atoms with Crippen molar-refractivity contribution in [1.29, 1.82) is 0 Å². The van der Waals surface area contributed by atoms with Gasteiger partial charge in [0.05, 0.1) is 16.5 Å². The number of amides is 1. The van der Waals surface area contributed by atoms with Crippen molar-refractivity contribution >= 4 is 38.5 Å². The van der Waals surface area contributed by atoms with Gasteiger partial charge < -0.3 is 19.3 Å². The normalized spacial score (nSPS) is 18.8. The Hall–Kier alpha value is -3.37. The van der Waals surface area contributed by atoms with E-state index in [4.69, 9.17) is 4.74 Å². The van der Waals surface area contributed by atoms with Crippen molar-refractivity contribution in [2.75, 3.05) is 24.5 Å². The molecule has 9 nitrogen and oxygen atoms in total. The smallest absolute Gasteiger partial charge is 0.323 e. The van der Waals surface area contributed by atoms with E-state index in [9.17, 15) is 23.1 Å². The molecule has 2 fully saturated rings. The Morgan fingerprint density at radius 3 is 2.54 bits per heavy atom. The second-order valence-electron chi connectivity index (χ2n) is 9.94. The lowest BCUT2D eigenvalue weighted by molar-refractivity contribution is -0.137. The minimum atomic E-state index is -3.68. The highest BCUT2D eigenvalue weighted by Crippen LogP contribution is 2.38. The molecule has 1 atom stereocenters. The average Bonchev–Trinajstić information content (AvgIpc) is 3.58. The van der Waals surface area contributed by atoms with Crippen LogP contribution in [0.25, 0.3) is 10.9 Å². The number of benzene rings is 2. The topological polar surface area (TPSA) is 109 Å². The number of nitrogens with zero attached hydrogens (tertiary/aromatic N) is 3. The molecule has 2 aliphatic rings. The van der Waals surface area contributed by atoms with E-state index in [1.807, 2.05) is 38.2 Å². The van der Waals surface area contributed by atoms with Gasteiger partial charge in [0.2, 0.25) is 15.9 Å². The van der Waals surface area contributed by atoms with Gasteiger partial charge in [-0.05, 0) is 68.7 Å². The fraction of sp³-hybridized carbons (Fsp3) is 0.407. The van der Waals surface area contributed by atoms with Gasteiger partial charge in [0, 0.05) is 49.2 Å². The molecule has 3 heterocycles. The molecule has 0 saturated carbocycles. The molecule has 1 unspecified atom stereocenters. The minimum absolute atomic E-state index is 0.00280. The van der Waals surface area contributed by atoms with Crippen molar-refractivity contribution < 1.29 is 27.9 Å². The summed E-state index contributed by atoms with van der Waals surface area (Å²) in [6.07, 6.45) is 3.77. The number of aliphatic carboxylic acids is 1. The zero-order valence-electron chi connectivity index (χ0n) is 21.0. The first-order valence-electron chi connectivity index (χ1n) is 12.6. The van der Waals surface area contributed by atoms with E-state index in [-0.39, 0.29) is 29.4 Å². The van der Waals surface area contributed by atoms with E-state index in [0.29, 0.717) is 38.2 Å². The minimum Gasteiger partial charge on any atom is -0.491 e. The first-order valence-corrected chi connectivity index (χ1v) is 14.0. The van der Waals surface area contributed by atoms with E-state index < -0.39 is 16.0 Å². The highest BCUT2D eigenvalue weighted by Gasteiger charge is 2.35. The summed E-state index contributed by atoms with van der Waals surface area (Å²) >= 11 is 0. The molecule has 1 amide bonds. The molecule has 2 saturated heterocycles. The molecular formula is C27H31N3O6S. The average molecular weight is 526 g/mol. The van der Waals surface area contributed by atoms with Gasteiger partial charge in [-0.3, -0.25) is 9.59 Å². The van der Waals surface area contributed by atoms with Crippen LogP contribution in [0.2, 0.25) is 0 Å². The number of anilines is 1. The number of carbonyl (C=O) groups is 2. The number of carboxylic acid groups (broad SMARTS) is 1. The Balaban J connectivity index is 1.42. The molecule has 2 aromatic carbocycles. The summed E-state index contributed by atoms with van der Waals surface area (Å²) in [5.74, 6) is -0.354. The molecule has 1 aromatic heterocycles. The van der Waals surface area contributed by atoms with Crippen molar-refractivity contribution in [2.45, 2.75) is 56.6 Å². The lowest BCUT2D eigenvalue weighted by atomic mass is 9.98. The first kappa shape index (κ1) is 25.3. The van der Waals surface area contributed by atoms with Crippen LogP contribution >= 0.6 is 0 Å². The number of sulfonamides is 1. The van der Waals surface area contributed by atoms with Crippen LogP contribution in [-0.2, 0) is 26.2 Å². The third-order valence-corrected chi connectivity index (χ3v) is 8.89. The Morgan fingerprint density at radius 2 is 1.89 bits per heavy atom. The zero-order chi connectivity index (χ0) is 26.3. The number of ether oxygens (including phenoxy) is 1. The summed E-state index contributed by atoms with van der Waals surface area (Å²) in [7, 11) is -3.68. The SMILES string of the molecule is CC(C)Oc1ccc(S(=O)(=O)N2CCC(c3cn(CC(=O)O)c4cc(N5CCCC5=O)ccc34)C2)cc1. The Kier molecular flexibility index (Phi) is 6.72. The van der Waals surface area contributed by atoms with Gasteiger partial charge in [0.15, 0.2) is 0 Å². The zero-order valence-corrected chi connectivity index (χ0v) is 21.8. The summed E-state index contributed by atoms with van der Waals surface area (Å²) in [4.78, 5) is 25.8.